The molecule has 3 nitrogen and oxygen atoms in total. The van der Waals surface area contributed by atoms with E-state index in [0.29, 0.717) is 0 Å². The molecule has 0 bridgehead atoms. The highest BCUT2D eigenvalue weighted by Gasteiger charge is 2.11. The van der Waals surface area contributed by atoms with Crippen LogP contribution in [-0.2, 0) is 0 Å². The lowest BCUT2D eigenvalue weighted by molar-refractivity contribution is -0.890. The van der Waals surface area contributed by atoms with E-state index in [1.54, 1.807) is 0 Å². The third-order valence-corrected chi connectivity index (χ3v) is 2.84. The lowest BCUT2D eigenvalue weighted by Crippen LogP contribution is -2.44. The van der Waals surface area contributed by atoms with E-state index in [9.17, 15) is 0 Å². The van der Waals surface area contributed by atoms with Crippen molar-refractivity contribution in [2.45, 2.75) is 25.7 Å². The summed E-state index contributed by atoms with van der Waals surface area (Å²) in [5.74, 6) is 0. The summed E-state index contributed by atoms with van der Waals surface area (Å²) in [7, 11) is 11.2. The summed E-state index contributed by atoms with van der Waals surface area (Å²) < 4.78 is 2.04. The summed E-state index contributed by atoms with van der Waals surface area (Å²) in [6, 6.07) is 0. The van der Waals surface area contributed by atoms with Crippen molar-refractivity contribution in [3.8, 4) is 0 Å². The van der Waals surface area contributed by atoms with Crippen LogP contribution in [0.15, 0.2) is 0 Å². The van der Waals surface area contributed by atoms with E-state index in [1.165, 1.54) is 38.8 Å². The van der Waals surface area contributed by atoms with Crippen LogP contribution in [0.25, 0.3) is 0 Å². The maximum Gasteiger partial charge on any atom is 0.129 e. The SMILES string of the molecule is C[N+](C)(C)CCCCCC[N+](C)(C)CN. The Labute approximate surface area is 96.0 Å². The molecule has 0 heterocycles. The fraction of sp³-hybridized carbons (Fsp3) is 1.00. The van der Waals surface area contributed by atoms with Crippen molar-refractivity contribution >= 4 is 0 Å². The standard InChI is InChI=1S/C12H31N3/c1-14(2,3)10-8-6-7-9-11-15(4,5)12-13/h6-13H2,1-5H3/q+2. The van der Waals surface area contributed by atoms with E-state index in [4.69, 9.17) is 5.73 Å². The first-order valence-electron chi connectivity index (χ1n) is 6.09. The Hall–Kier alpha value is -0.120. The van der Waals surface area contributed by atoms with Crippen molar-refractivity contribution in [3.05, 3.63) is 0 Å². The predicted molar refractivity (Wildman–Crippen MR) is 67.4 cm³/mol. The molecule has 0 aromatic carbocycles. The minimum atomic E-state index is 0.749. The van der Waals surface area contributed by atoms with Crippen LogP contribution in [0.3, 0.4) is 0 Å². The highest BCUT2D eigenvalue weighted by atomic mass is 15.3. The molecule has 15 heavy (non-hydrogen) atoms. The average Bonchev–Trinajstić information content (AvgIpc) is 2.09. The molecule has 0 amide bonds. The van der Waals surface area contributed by atoms with Gasteiger partial charge >= 0.3 is 0 Å². The number of nitrogens with two attached hydrogens (primary N) is 1. The fourth-order valence-electron chi connectivity index (χ4n) is 1.57. The quantitative estimate of drug-likeness (QED) is 0.370. The molecule has 0 aliphatic heterocycles. The molecule has 3 heteroatoms. The van der Waals surface area contributed by atoms with E-state index >= 15 is 0 Å². The van der Waals surface area contributed by atoms with Gasteiger partial charge in [0.25, 0.3) is 0 Å². The molecule has 0 aromatic heterocycles. The topological polar surface area (TPSA) is 26.0 Å². The number of hydrogen-bond donors (Lipinski definition) is 1. The zero-order chi connectivity index (χ0) is 11.9. The molecule has 0 atom stereocenters. The predicted octanol–water partition coefficient (Wildman–Crippen LogP) is 1.25. The van der Waals surface area contributed by atoms with E-state index in [-0.39, 0.29) is 0 Å². The van der Waals surface area contributed by atoms with Crippen LogP contribution in [0.2, 0.25) is 0 Å². The van der Waals surface area contributed by atoms with E-state index in [1.807, 2.05) is 0 Å². The maximum atomic E-state index is 5.67. The van der Waals surface area contributed by atoms with Crippen LogP contribution >= 0.6 is 0 Å². The van der Waals surface area contributed by atoms with Crippen molar-refractivity contribution < 1.29 is 8.97 Å². The van der Waals surface area contributed by atoms with Crippen molar-refractivity contribution in [2.24, 2.45) is 5.73 Å². The molecule has 0 fully saturated rings. The Kier molecular flexibility index (Phi) is 6.41. The average molecular weight is 217 g/mol. The smallest absolute Gasteiger partial charge is 0.129 e. The molecular weight excluding hydrogens is 186 g/mol. The first kappa shape index (κ1) is 14.9. The molecule has 0 unspecified atom stereocenters. The van der Waals surface area contributed by atoms with Gasteiger partial charge in [0.15, 0.2) is 0 Å². The zero-order valence-electron chi connectivity index (χ0n) is 11.4. The summed E-state index contributed by atoms with van der Waals surface area (Å²) in [5, 5.41) is 0. The highest BCUT2D eigenvalue weighted by Crippen LogP contribution is 2.06. The van der Waals surface area contributed by atoms with Gasteiger partial charge in [-0.3, -0.25) is 5.73 Å². The molecule has 0 spiro atoms. The van der Waals surface area contributed by atoms with Gasteiger partial charge in [-0.2, -0.15) is 0 Å². The first-order chi connectivity index (χ1) is 6.77. The van der Waals surface area contributed by atoms with Gasteiger partial charge in [0, 0.05) is 0 Å². The zero-order valence-corrected chi connectivity index (χ0v) is 11.4. The van der Waals surface area contributed by atoms with Gasteiger partial charge in [0.05, 0.1) is 48.3 Å². The summed E-state index contributed by atoms with van der Waals surface area (Å²) in [6.45, 7) is 3.24. The lowest BCUT2D eigenvalue weighted by atomic mass is 10.1. The lowest BCUT2D eigenvalue weighted by Gasteiger charge is -2.27. The molecule has 0 rings (SSSR count). The molecule has 0 aliphatic rings. The molecule has 0 saturated heterocycles. The molecule has 0 aliphatic carbocycles. The second-order valence-electron chi connectivity index (χ2n) is 6.27. The van der Waals surface area contributed by atoms with E-state index < -0.39 is 0 Å². The summed E-state index contributed by atoms with van der Waals surface area (Å²) >= 11 is 0. The van der Waals surface area contributed by atoms with Crippen molar-refractivity contribution in [1.29, 1.82) is 0 Å². The van der Waals surface area contributed by atoms with Gasteiger partial charge in [-0.05, 0) is 25.7 Å². The Bertz CT molecular complexity index is 159. The fourth-order valence-corrected chi connectivity index (χ4v) is 1.57. The maximum absolute atomic E-state index is 5.67. The Morgan fingerprint density at radius 3 is 1.60 bits per heavy atom. The van der Waals surface area contributed by atoms with Crippen LogP contribution in [0.4, 0.5) is 0 Å². The van der Waals surface area contributed by atoms with Gasteiger partial charge in [-0.25, -0.2) is 0 Å². The largest absolute Gasteiger partial charge is 0.331 e. The van der Waals surface area contributed by atoms with Crippen LogP contribution in [0.1, 0.15) is 25.7 Å². The van der Waals surface area contributed by atoms with Gasteiger partial charge in [0.1, 0.15) is 6.67 Å². The minimum absolute atomic E-state index is 0.749. The number of nitrogens with zero attached hydrogens (tertiary/aromatic N) is 2. The Morgan fingerprint density at radius 1 is 0.733 bits per heavy atom. The van der Waals surface area contributed by atoms with Crippen LogP contribution in [0.5, 0.6) is 0 Å². The van der Waals surface area contributed by atoms with Crippen LogP contribution in [0, 0.1) is 0 Å². The monoisotopic (exact) mass is 217 g/mol. The molecular formula is C12H31N3+2. The van der Waals surface area contributed by atoms with Crippen LogP contribution in [-0.4, -0.2) is 64.0 Å². The summed E-state index contributed by atoms with van der Waals surface area (Å²) in [5.41, 5.74) is 5.67. The second-order valence-corrected chi connectivity index (χ2v) is 6.27. The Balaban J connectivity index is 3.33. The molecule has 0 radical (unpaired) electrons. The van der Waals surface area contributed by atoms with E-state index in [0.717, 1.165) is 15.6 Å². The third kappa shape index (κ3) is 10.2. The molecule has 92 valence electrons. The molecule has 0 aromatic rings. The van der Waals surface area contributed by atoms with Gasteiger partial charge in [0.2, 0.25) is 0 Å². The molecule has 0 saturated carbocycles. The normalized spacial score (nSPS) is 13.2. The minimum Gasteiger partial charge on any atom is -0.331 e. The first-order valence-corrected chi connectivity index (χ1v) is 6.09. The van der Waals surface area contributed by atoms with Crippen molar-refractivity contribution in [3.63, 3.8) is 0 Å². The number of unbranched alkanes of at least 4 members (excludes halogenated alkanes) is 3. The Morgan fingerprint density at radius 2 is 1.20 bits per heavy atom. The van der Waals surface area contributed by atoms with Crippen molar-refractivity contribution in [2.75, 3.05) is 55.0 Å². The van der Waals surface area contributed by atoms with Crippen molar-refractivity contribution in [1.82, 2.24) is 0 Å². The number of hydrogen-bond acceptors (Lipinski definition) is 1. The van der Waals surface area contributed by atoms with E-state index in [2.05, 4.69) is 35.2 Å². The van der Waals surface area contributed by atoms with Crippen LogP contribution < -0.4 is 5.73 Å². The number of rotatable bonds is 8. The number of quaternary nitrogens is 2. The summed E-state index contributed by atoms with van der Waals surface area (Å²) in [4.78, 5) is 0. The van der Waals surface area contributed by atoms with Gasteiger partial charge < -0.3 is 8.97 Å². The molecule has 2 N–H and O–H groups in total. The third-order valence-electron chi connectivity index (χ3n) is 2.84. The summed E-state index contributed by atoms with van der Waals surface area (Å²) in [6.07, 6.45) is 5.36. The highest BCUT2D eigenvalue weighted by molar-refractivity contribution is 4.43. The van der Waals surface area contributed by atoms with Gasteiger partial charge in [-0.1, -0.05) is 0 Å². The van der Waals surface area contributed by atoms with Gasteiger partial charge in [-0.15, -0.1) is 0 Å². The second kappa shape index (κ2) is 6.46.